The number of benzene rings is 2. The molecule has 0 fully saturated rings. The molecule has 0 aliphatic carbocycles. The highest BCUT2D eigenvalue weighted by molar-refractivity contribution is 7.80. The fourth-order valence-electron chi connectivity index (χ4n) is 2.22. The minimum Gasteiger partial charge on any atom is -0.331 e. The van der Waals surface area contributed by atoms with E-state index in [9.17, 15) is 9.18 Å². The number of amides is 1. The van der Waals surface area contributed by atoms with Gasteiger partial charge in [0.15, 0.2) is 5.11 Å². The third kappa shape index (κ3) is 4.87. The van der Waals surface area contributed by atoms with Gasteiger partial charge in [-0.25, -0.2) is 4.39 Å². The number of hydrazine groups is 1. The number of carbonyl (C=O) groups is 1. The first kappa shape index (κ1) is 17.6. The quantitative estimate of drug-likeness (QED) is 0.487. The first-order chi connectivity index (χ1) is 12.6. The third-order valence-corrected chi connectivity index (χ3v) is 3.68. The van der Waals surface area contributed by atoms with Crippen LogP contribution < -0.4 is 16.2 Å². The van der Waals surface area contributed by atoms with Crippen LogP contribution in [0.5, 0.6) is 0 Å². The zero-order chi connectivity index (χ0) is 18.4. The summed E-state index contributed by atoms with van der Waals surface area (Å²) < 4.78 is 14.5. The Balaban J connectivity index is 1.50. The third-order valence-electron chi connectivity index (χ3n) is 3.47. The summed E-state index contributed by atoms with van der Waals surface area (Å²) in [7, 11) is 0. The summed E-state index contributed by atoms with van der Waals surface area (Å²) >= 11 is 5.08. The van der Waals surface area contributed by atoms with Crippen LogP contribution in [0.1, 0.15) is 15.9 Å². The summed E-state index contributed by atoms with van der Waals surface area (Å²) in [6, 6.07) is 15.5. The molecule has 132 valence electrons. The lowest BCUT2D eigenvalue weighted by Gasteiger charge is -2.10. The molecule has 0 atom stereocenters. The van der Waals surface area contributed by atoms with Crippen molar-refractivity contribution in [3.05, 3.63) is 83.9 Å². The van der Waals surface area contributed by atoms with E-state index in [0.29, 0.717) is 17.8 Å². The predicted molar refractivity (Wildman–Crippen MR) is 101 cm³/mol. The molecule has 0 radical (unpaired) electrons. The van der Waals surface area contributed by atoms with Gasteiger partial charge in [0.05, 0.1) is 18.3 Å². The van der Waals surface area contributed by atoms with Gasteiger partial charge in [-0.15, -0.1) is 0 Å². The Morgan fingerprint density at radius 2 is 1.81 bits per heavy atom. The molecule has 0 aliphatic heterocycles. The molecule has 0 saturated heterocycles. The smallest absolute Gasteiger partial charge is 0.272 e. The molecule has 3 aromatic rings. The second-order valence-corrected chi connectivity index (χ2v) is 5.86. The van der Waals surface area contributed by atoms with Gasteiger partial charge in [0.2, 0.25) is 0 Å². The van der Waals surface area contributed by atoms with E-state index in [2.05, 4.69) is 21.3 Å². The monoisotopic (exact) mass is 369 g/mol. The van der Waals surface area contributed by atoms with Crippen LogP contribution >= 0.6 is 12.2 Å². The van der Waals surface area contributed by atoms with Gasteiger partial charge in [0.25, 0.3) is 5.91 Å². The van der Waals surface area contributed by atoms with E-state index in [1.165, 1.54) is 18.3 Å². The molecular formula is C18H16FN5OS. The van der Waals surface area contributed by atoms with Crippen LogP contribution in [0.3, 0.4) is 0 Å². The zero-order valence-corrected chi connectivity index (χ0v) is 14.5. The first-order valence-electron chi connectivity index (χ1n) is 7.79. The summed E-state index contributed by atoms with van der Waals surface area (Å²) in [5, 5.41) is 7.19. The second-order valence-electron chi connectivity index (χ2n) is 5.45. The lowest BCUT2D eigenvalue weighted by Crippen LogP contribution is -2.43. The molecule has 1 heterocycles. The van der Waals surface area contributed by atoms with E-state index in [4.69, 9.17) is 12.2 Å². The predicted octanol–water partition coefficient (Wildman–Crippen LogP) is 2.70. The van der Waals surface area contributed by atoms with Gasteiger partial charge in [-0.2, -0.15) is 5.10 Å². The van der Waals surface area contributed by atoms with Crippen molar-refractivity contribution in [2.75, 3.05) is 5.32 Å². The highest BCUT2D eigenvalue weighted by Gasteiger charge is 2.09. The molecule has 2 aromatic carbocycles. The average Bonchev–Trinajstić information content (AvgIpc) is 3.11. The van der Waals surface area contributed by atoms with Gasteiger partial charge in [0, 0.05) is 11.9 Å². The number of halogens is 1. The van der Waals surface area contributed by atoms with Gasteiger partial charge < -0.3 is 5.32 Å². The van der Waals surface area contributed by atoms with Crippen LogP contribution in [0.4, 0.5) is 10.1 Å². The van der Waals surface area contributed by atoms with Crippen LogP contribution in [0, 0.1) is 5.82 Å². The zero-order valence-electron chi connectivity index (χ0n) is 13.6. The molecule has 0 aliphatic rings. The van der Waals surface area contributed by atoms with Crippen molar-refractivity contribution < 1.29 is 9.18 Å². The van der Waals surface area contributed by atoms with Crippen molar-refractivity contribution in [2.45, 2.75) is 6.54 Å². The lowest BCUT2D eigenvalue weighted by atomic mass is 10.2. The Kier molecular flexibility index (Phi) is 5.55. The molecule has 1 aromatic heterocycles. The van der Waals surface area contributed by atoms with Crippen molar-refractivity contribution in [3.63, 3.8) is 0 Å². The average molecular weight is 369 g/mol. The van der Waals surface area contributed by atoms with Gasteiger partial charge >= 0.3 is 0 Å². The molecule has 0 unspecified atom stereocenters. The molecule has 8 heteroatoms. The van der Waals surface area contributed by atoms with Crippen molar-refractivity contribution >= 4 is 28.9 Å². The Hall–Kier alpha value is -3.26. The van der Waals surface area contributed by atoms with Crippen molar-refractivity contribution in [1.82, 2.24) is 20.6 Å². The maximum Gasteiger partial charge on any atom is 0.272 e. The summed E-state index contributed by atoms with van der Waals surface area (Å²) in [5.74, 6) is -0.706. The largest absolute Gasteiger partial charge is 0.331 e. The molecule has 0 spiro atoms. The van der Waals surface area contributed by atoms with Crippen LogP contribution in [0.15, 0.2) is 67.0 Å². The molecule has 0 saturated carbocycles. The molecule has 0 bridgehead atoms. The van der Waals surface area contributed by atoms with Crippen LogP contribution in [-0.2, 0) is 6.54 Å². The Labute approximate surface area is 155 Å². The number of nitrogens with one attached hydrogen (secondary N) is 3. The molecular weight excluding hydrogens is 353 g/mol. The normalized spacial score (nSPS) is 10.2. The number of thiocarbonyl (C=S) groups is 1. The number of anilines is 1. The topological polar surface area (TPSA) is 71.0 Å². The van der Waals surface area contributed by atoms with Gasteiger partial charge in [-0.1, -0.05) is 30.3 Å². The lowest BCUT2D eigenvalue weighted by molar-refractivity contribution is 0.0944. The fraction of sp³-hybridized carbons (Fsp3) is 0.0556. The Bertz CT molecular complexity index is 895. The van der Waals surface area contributed by atoms with Crippen molar-refractivity contribution in [1.29, 1.82) is 0 Å². The highest BCUT2D eigenvalue weighted by atomic mass is 32.1. The molecule has 26 heavy (non-hydrogen) atoms. The Morgan fingerprint density at radius 3 is 2.54 bits per heavy atom. The van der Waals surface area contributed by atoms with Crippen LogP contribution in [0.25, 0.3) is 0 Å². The second kappa shape index (κ2) is 8.21. The summed E-state index contributed by atoms with van der Waals surface area (Å²) in [6.45, 7) is 0.575. The minimum absolute atomic E-state index is 0.182. The van der Waals surface area contributed by atoms with Gasteiger partial charge in [-0.3, -0.25) is 20.3 Å². The number of hydrogen-bond donors (Lipinski definition) is 3. The van der Waals surface area contributed by atoms with Gasteiger partial charge in [0.1, 0.15) is 5.82 Å². The summed E-state index contributed by atoms with van der Waals surface area (Å²) in [5.41, 5.74) is 7.18. The van der Waals surface area contributed by atoms with E-state index in [1.54, 1.807) is 23.0 Å². The Morgan fingerprint density at radius 1 is 1.08 bits per heavy atom. The van der Waals surface area contributed by atoms with Crippen LogP contribution in [-0.4, -0.2) is 20.8 Å². The molecule has 6 nitrogen and oxygen atoms in total. The number of nitrogens with zero attached hydrogens (tertiary/aromatic N) is 2. The van der Waals surface area contributed by atoms with E-state index in [0.717, 1.165) is 5.56 Å². The number of rotatable bonds is 4. The summed E-state index contributed by atoms with van der Waals surface area (Å²) in [6.07, 6.45) is 3.14. The highest BCUT2D eigenvalue weighted by Crippen LogP contribution is 2.08. The van der Waals surface area contributed by atoms with Gasteiger partial charge in [-0.05, 0) is 42.0 Å². The minimum atomic E-state index is -0.368. The molecule has 3 rings (SSSR count). The SMILES string of the molecule is O=C(NNC(=S)Nc1ccc(F)cc1)c1cnn(Cc2ccccc2)c1. The van der Waals surface area contributed by atoms with Crippen molar-refractivity contribution in [3.8, 4) is 0 Å². The van der Waals surface area contributed by atoms with E-state index in [-0.39, 0.29) is 16.8 Å². The van der Waals surface area contributed by atoms with E-state index in [1.807, 2.05) is 30.3 Å². The van der Waals surface area contributed by atoms with Crippen molar-refractivity contribution in [2.24, 2.45) is 0 Å². The molecule has 3 N–H and O–H groups in total. The number of aromatic nitrogens is 2. The van der Waals surface area contributed by atoms with Crippen LogP contribution in [0.2, 0.25) is 0 Å². The van der Waals surface area contributed by atoms with E-state index >= 15 is 0 Å². The van der Waals surface area contributed by atoms with E-state index < -0.39 is 0 Å². The number of hydrogen-bond acceptors (Lipinski definition) is 3. The maximum atomic E-state index is 12.9. The maximum absolute atomic E-state index is 12.9. The first-order valence-corrected chi connectivity index (χ1v) is 8.20. The molecule has 1 amide bonds. The number of carbonyl (C=O) groups excluding carboxylic acids is 1. The standard InChI is InChI=1S/C18H16FN5OS/c19-15-6-8-16(9-7-15)21-18(26)23-22-17(25)14-10-20-24(12-14)11-13-4-2-1-3-5-13/h1-10,12H,11H2,(H,22,25)(H2,21,23,26). The fourth-order valence-corrected chi connectivity index (χ4v) is 2.39. The summed E-state index contributed by atoms with van der Waals surface area (Å²) in [4.78, 5) is 12.1.